The molecule has 0 spiro atoms. The molecule has 34 heavy (non-hydrogen) atoms. The summed E-state index contributed by atoms with van der Waals surface area (Å²) in [4.78, 5) is 26.0. The number of amides is 1. The summed E-state index contributed by atoms with van der Waals surface area (Å²) in [6.07, 6.45) is 2.19. The zero-order valence-corrected chi connectivity index (χ0v) is 20.9. The van der Waals surface area contributed by atoms with Crippen molar-refractivity contribution < 1.29 is 18.7 Å². The number of carbonyl (C=O) groups excluding carboxylic acids is 2. The molecule has 0 radical (unpaired) electrons. The smallest absolute Gasteiger partial charge is 0.287 e. The van der Waals surface area contributed by atoms with Gasteiger partial charge in [-0.25, -0.2) is 0 Å². The molecule has 0 atom stereocenters. The van der Waals surface area contributed by atoms with Crippen molar-refractivity contribution >= 4 is 11.7 Å². The SMILES string of the molecule is COc1cccc(CNC(=O)c2ccc(C(=O)c3cc4c(cc3C)C(C)(C)CCC4(C)C)o2)c1. The molecular weight excluding hydrogens is 426 g/mol. The average molecular weight is 460 g/mol. The first kappa shape index (κ1) is 23.8. The second kappa shape index (κ2) is 8.79. The van der Waals surface area contributed by atoms with Gasteiger partial charge in [-0.15, -0.1) is 0 Å². The van der Waals surface area contributed by atoms with Crippen LogP contribution in [0.25, 0.3) is 0 Å². The van der Waals surface area contributed by atoms with E-state index in [1.807, 2.05) is 37.3 Å². The summed E-state index contributed by atoms with van der Waals surface area (Å²) in [5, 5.41) is 2.83. The number of fused-ring (bicyclic) bond motifs is 1. The molecule has 0 unspecified atom stereocenters. The summed E-state index contributed by atoms with van der Waals surface area (Å²) >= 11 is 0. The lowest BCUT2D eigenvalue weighted by atomic mass is 9.62. The van der Waals surface area contributed by atoms with Crippen molar-refractivity contribution in [3.63, 3.8) is 0 Å². The Morgan fingerprint density at radius 3 is 2.26 bits per heavy atom. The van der Waals surface area contributed by atoms with Gasteiger partial charge in [0, 0.05) is 12.1 Å². The summed E-state index contributed by atoms with van der Waals surface area (Å²) in [6, 6.07) is 14.8. The average Bonchev–Trinajstić information content (AvgIpc) is 3.30. The first-order valence-electron chi connectivity index (χ1n) is 11.7. The normalized spacial score (nSPS) is 15.9. The lowest BCUT2D eigenvalue weighted by Gasteiger charge is -2.42. The standard InChI is InChI=1S/C29H33NO4/c1-18-14-22-23(29(4,5)13-12-28(22,2)3)16-21(18)26(31)24-10-11-25(34-24)27(32)30-17-19-8-7-9-20(15-19)33-6/h7-11,14-16H,12-13,17H2,1-6H3,(H,30,32). The van der Waals surface area contributed by atoms with Crippen molar-refractivity contribution in [3.8, 4) is 5.75 Å². The summed E-state index contributed by atoms with van der Waals surface area (Å²) in [6.45, 7) is 11.3. The van der Waals surface area contributed by atoms with Crippen LogP contribution < -0.4 is 10.1 Å². The number of benzene rings is 2. The minimum Gasteiger partial charge on any atom is -0.497 e. The number of aryl methyl sites for hydroxylation is 1. The van der Waals surface area contributed by atoms with Gasteiger partial charge in [0.1, 0.15) is 5.75 Å². The predicted octanol–water partition coefficient (Wildman–Crippen LogP) is 6.11. The minimum absolute atomic E-state index is 0.00190. The number of furan rings is 1. The highest BCUT2D eigenvalue weighted by Gasteiger charge is 2.38. The maximum atomic E-state index is 13.4. The van der Waals surface area contributed by atoms with E-state index in [2.05, 4.69) is 39.1 Å². The van der Waals surface area contributed by atoms with Crippen LogP contribution in [0.3, 0.4) is 0 Å². The van der Waals surface area contributed by atoms with E-state index in [9.17, 15) is 9.59 Å². The van der Waals surface area contributed by atoms with E-state index >= 15 is 0 Å². The van der Waals surface area contributed by atoms with Gasteiger partial charge in [-0.1, -0.05) is 45.9 Å². The number of carbonyl (C=O) groups is 2. The van der Waals surface area contributed by atoms with Crippen LogP contribution in [0.2, 0.25) is 0 Å². The van der Waals surface area contributed by atoms with Crippen LogP contribution in [0.1, 0.15) is 89.5 Å². The van der Waals surface area contributed by atoms with Crippen LogP contribution in [0.5, 0.6) is 5.75 Å². The number of ether oxygens (including phenoxy) is 1. The molecule has 1 N–H and O–H groups in total. The molecule has 5 heteroatoms. The molecule has 5 nitrogen and oxygen atoms in total. The van der Waals surface area contributed by atoms with Crippen molar-refractivity contribution in [2.45, 2.75) is 64.8 Å². The Morgan fingerprint density at radius 2 is 1.59 bits per heavy atom. The van der Waals surface area contributed by atoms with Gasteiger partial charge in [0.2, 0.25) is 5.78 Å². The number of methoxy groups -OCH3 is 1. The van der Waals surface area contributed by atoms with Gasteiger partial charge in [0.15, 0.2) is 11.5 Å². The molecule has 1 amide bonds. The van der Waals surface area contributed by atoms with Gasteiger partial charge in [-0.2, -0.15) is 0 Å². The molecule has 0 fully saturated rings. The van der Waals surface area contributed by atoms with E-state index in [1.54, 1.807) is 19.2 Å². The Hall–Kier alpha value is -3.34. The van der Waals surface area contributed by atoms with E-state index in [4.69, 9.17) is 9.15 Å². The van der Waals surface area contributed by atoms with Crippen molar-refractivity contribution in [1.82, 2.24) is 5.32 Å². The van der Waals surface area contributed by atoms with Crippen LogP contribution >= 0.6 is 0 Å². The highest BCUT2D eigenvalue weighted by molar-refractivity contribution is 6.09. The zero-order chi connectivity index (χ0) is 24.7. The van der Waals surface area contributed by atoms with Crippen LogP contribution in [0, 0.1) is 6.92 Å². The van der Waals surface area contributed by atoms with Gasteiger partial charge in [0.05, 0.1) is 7.11 Å². The lowest BCUT2D eigenvalue weighted by Crippen LogP contribution is -2.34. The Balaban J connectivity index is 1.55. The van der Waals surface area contributed by atoms with E-state index in [0.717, 1.165) is 29.7 Å². The molecule has 0 saturated carbocycles. The first-order valence-corrected chi connectivity index (χ1v) is 11.7. The molecular formula is C29H33NO4. The summed E-state index contributed by atoms with van der Waals surface area (Å²) < 4.78 is 10.9. The van der Waals surface area contributed by atoms with Gasteiger partial charge >= 0.3 is 0 Å². The molecule has 4 rings (SSSR count). The van der Waals surface area contributed by atoms with Gasteiger partial charge in [-0.3, -0.25) is 9.59 Å². The van der Waals surface area contributed by atoms with Crippen molar-refractivity contribution in [3.05, 3.63) is 87.9 Å². The molecule has 3 aromatic rings. The van der Waals surface area contributed by atoms with E-state index < -0.39 is 0 Å². The Labute approximate surface area is 201 Å². The number of hydrogen-bond donors (Lipinski definition) is 1. The third kappa shape index (κ3) is 4.52. The maximum Gasteiger partial charge on any atom is 0.287 e. The molecule has 1 aromatic heterocycles. The minimum atomic E-state index is -0.369. The number of rotatable bonds is 6. The molecule has 1 aliphatic rings. The van der Waals surface area contributed by atoms with Crippen LogP contribution in [-0.2, 0) is 17.4 Å². The highest BCUT2D eigenvalue weighted by Crippen LogP contribution is 2.46. The summed E-state index contributed by atoms with van der Waals surface area (Å²) in [7, 11) is 1.60. The molecule has 0 bridgehead atoms. The van der Waals surface area contributed by atoms with Gasteiger partial charge < -0.3 is 14.5 Å². The van der Waals surface area contributed by atoms with Crippen LogP contribution in [-0.4, -0.2) is 18.8 Å². The van der Waals surface area contributed by atoms with Crippen molar-refractivity contribution in [2.75, 3.05) is 7.11 Å². The molecule has 1 aliphatic carbocycles. The fourth-order valence-electron chi connectivity index (χ4n) is 4.73. The zero-order valence-electron chi connectivity index (χ0n) is 20.9. The Bertz CT molecular complexity index is 1250. The summed E-state index contributed by atoms with van der Waals surface area (Å²) in [5.41, 5.74) is 5.08. The second-order valence-electron chi connectivity index (χ2n) is 10.5. The van der Waals surface area contributed by atoms with Crippen LogP contribution in [0.4, 0.5) is 0 Å². The molecule has 1 heterocycles. The number of hydrogen-bond acceptors (Lipinski definition) is 4. The van der Waals surface area contributed by atoms with E-state index in [1.165, 1.54) is 11.1 Å². The number of ketones is 1. The quantitative estimate of drug-likeness (QED) is 0.452. The molecule has 0 aliphatic heterocycles. The maximum absolute atomic E-state index is 13.4. The second-order valence-corrected chi connectivity index (χ2v) is 10.5. The summed E-state index contributed by atoms with van der Waals surface area (Å²) in [5.74, 6) is 0.439. The number of nitrogens with one attached hydrogen (secondary N) is 1. The van der Waals surface area contributed by atoms with Crippen molar-refractivity contribution in [2.24, 2.45) is 0 Å². The molecule has 0 saturated heterocycles. The van der Waals surface area contributed by atoms with E-state index in [-0.39, 0.29) is 34.0 Å². The van der Waals surface area contributed by atoms with Crippen molar-refractivity contribution in [1.29, 1.82) is 0 Å². The topological polar surface area (TPSA) is 68.5 Å². The predicted molar refractivity (Wildman–Crippen MR) is 133 cm³/mol. The van der Waals surface area contributed by atoms with E-state index in [0.29, 0.717) is 12.1 Å². The highest BCUT2D eigenvalue weighted by atomic mass is 16.5. The molecule has 178 valence electrons. The third-order valence-corrected chi connectivity index (χ3v) is 7.08. The Morgan fingerprint density at radius 1 is 0.941 bits per heavy atom. The third-order valence-electron chi connectivity index (χ3n) is 7.08. The first-order chi connectivity index (χ1) is 16.0. The van der Waals surface area contributed by atoms with Gasteiger partial charge in [0.25, 0.3) is 5.91 Å². The monoisotopic (exact) mass is 459 g/mol. The lowest BCUT2D eigenvalue weighted by molar-refractivity contribution is 0.0917. The fraction of sp³-hybridized carbons (Fsp3) is 0.379. The largest absolute Gasteiger partial charge is 0.497 e. The Kier molecular flexibility index (Phi) is 6.15. The van der Waals surface area contributed by atoms with Gasteiger partial charge in [-0.05, 0) is 83.2 Å². The van der Waals surface area contributed by atoms with Crippen LogP contribution in [0.15, 0.2) is 52.9 Å². The molecule has 2 aromatic carbocycles. The fourth-order valence-corrected chi connectivity index (χ4v) is 4.73.